The first kappa shape index (κ1) is 13.4. The Bertz CT molecular complexity index is 709. The third-order valence-electron chi connectivity index (χ3n) is 3.44. The number of aromatic hydroxyl groups is 1. The van der Waals surface area contributed by atoms with Gasteiger partial charge in [0.2, 0.25) is 0 Å². The highest BCUT2D eigenvalue weighted by molar-refractivity contribution is 5.92. The van der Waals surface area contributed by atoms with Crippen LogP contribution >= 0.6 is 0 Å². The number of imidazole rings is 1. The van der Waals surface area contributed by atoms with Crippen LogP contribution in [0.3, 0.4) is 0 Å². The summed E-state index contributed by atoms with van der Waals surface area (Å²) in [6.45, 7) is 1.84. The summed E-state index contributed by atoms with van der Waals surface area (Å²) in [5.41, 5.74) is 0. The highest BCUT2D eigenvalue weighted by Gasteiger charge is 2.02. The monoisotopic (exact) mass is 282 g/mol. The van der Waals surface area contributed by atoms with Crippen molar-refractivity contribution in [3.8, 4) is 5.75 Å². The summed E-state index contributed by atoms with van der Waals surface area (Å²) in [5.74, 6) is 1.09. The molecule has 1 aromatic carbocycles. The molecule has 5 heteroatoms. The van der Waals surface area contributed by atoms with Crippen molar-refractivity contribution in [3.63, 3.8) is 0 Å². The van der Waals surface area contributed by atoms with Crippen LogP contribution in [0.25, 0.3) is 10.8 Å². The van der Waals surface area contributed by atoms with Crippen LogP contribution in [0.1, 0.15) is 12.8 Å². The summed E-state index contributed by atoms with van der Waals surface area (Å²) in [4.78, 5) is 8.38. The molecule has 3 rings (SSSR count). The van der Waals surface area contributed by atoms with Crippen LogP contribution in [0.5, 0.6) is 5.75 Å². The number of pyridine rings is 1. The Hall–Kier alpha value is -2.56. The molecule has 0 spiro atoms. The number of nitrogens with zero attached hydrogens (tertiary/aromatic N) is 3. The van der Waals surface area contributed by atoms with Crippen LogP contribution in [0.2, 0.25) is 0 Å². The molecule has 0 fully saturated rings. The third kappa shape index (κ3) is 3.31. The van der Waals surface area contributed by atoms with Gasteiger partial charge in [-0.1, -0.05) is 6.07 Å². The van der Waals surface area contributed by atoms with Crippen LogP contribution in [-0.4, -0.2) is 26.2 Å². The van der Waals surface area contributed by atoms with Crippen LogP contribution in [-0.2, 0) is 6.54 Å². The highest BCUT2D eigenvalue weighted by atomic mass is 16.3. The Morgan fingerprint density at radius 3 is 2.95 bits per heavy atom. The molecule has 21 heavy (non-hydrogen) atoms. The predicted molar refractivity (Wildman–Crippen MR) is 83.4 cm³/mol. The van der Waals surface area contributed by atoms with Crippen molar-refractivity contribution in [2.24, 2.45) is 0 Å². The minimum atomic E-state index is 0.263. The number of aryl methyl sites for hydroxylation is 1. The number of anilines is 1. The van der Waals surface area contributed by atoms with E-state index in [0.29, 0.717) is 0 Å². The second kappa shape index (κ2) is 6.26. The molecule has 5 nitrogen and oxygen atoms in total. The SMILES string of the molecule is Oc1ccc2ccnc(NCCCCn3ccnc3)c2c1. The Balaban J connectivity index is 1.56. The lowest BCUT2D eigenvalue weighted by molar-refractivity contribution is 0.476. The quantitative estimate of drug-likeness (QED) is 0.682. The number of fused-ring (bicyclic) bond motifs is 1. The van der Waals surface area contributed by atoms with Crippen LogP contribution in [0.4, 0.5) is 5.82 Å². The van der Waals surface area contributed by atoms with Gasteiger partial charge < -0.3 is 15.0 Å². The number of nitrogens with one attached hydrogen (secondary N) is 1. The molecule has 0 saturated heterocycles. The number of phenols is 1. The molecule has 0 atom stereocenters. The number of hydrogen-bond acceptors (Lipinski definition) is 4. The van der Waals surface area contributed by atoms with E-state index in [1.165, 1.54) is 0 Å². The van der Waals surface area contributed by atoms with Gasteiger partial charge in [0.05, 0.1) is 6.33 Å². The Kier molecular flexibility index (Phi) is 4.00. The molecular weight excluding hydrogens is 264 g/mol. The van der Waals surface area contributed by atoms with Gasteiger partial charge in [0.15, 0.2) is 0 Å². The maximum absolute atomic E-state index is 9.61. The molecule has 0 amide bonds. The fourth-order valence-electron chi connectivity index (χ4n) is 2.34. The zero-order valence-corrected chi connectivity index (χ0v) is 11.7. The Morgan fingerprint density at radius 1 is 1.14 bits per heavy atom. The van der Waals surface area contributed by atoms with E-state index >= 15 is 0 Å². The molecular formula is C16H18N4O. The number of phenolic OH excluding ortho intramolecular Hbond substituents is 1. The molecule has 0 unspecified atom stereocenters. The van der Waals surface area contributed by atoms with E-state index in [9.17, 15) is 5.11 Å². The van der Waals surface area contributed by atoms with E-state index in [1.54, 1.807) is 24.5 Å². The van der Waals surface area contributed by atoms with Gasteiger partial charge in [-0.2, -0.15) is 0 Å². The number of unbranched alkanes of at least 4 members (excludes halogenated alkanes) is 1. The van der Waals surface area contributed by atoms with Crippen molar-refractivity contribution in [3.05, 3.63) is 49.2 Å². The van der Waals surface area contributed by atoms with Crippen molar-refractivity contribution >= 4 is 16.6 Å². The molecule has 0 aliphatic carbocycles. The van der Waals surface area contributed by atoms with Gasteiger partial charge >= 0.3 is 0 Å². The average Bonchev–Trinajstić information content (AvgIpc) is 3.00. The highest BCUT2D eigenvalue weighted by Crippen LogP contribution is 2.24. The number of rotatable bonds is 6. The molecule has 0 bridgehead atoms. The second-order valence-corrected chi connectivity index (χ2v) is 5.00. The molecule has 2 N–H and O–H groups in total. The lowest BCUT2D eigenvalue weighted by Gasteiger charge is -2.09. The van der Waals surface area contributed by atoms with Gasteiger partial charge in [-0.15, -0.1) is 0 Å². The van der Waals surface area contributed by atoms with E-state index in [2.05, 4.69) is 19.9 Å². The van der Waals surface area contributed by atoms with E-state index in [1.807, 2.05) is 24.7 Å². The van der Waals surface area contributed by atoms with Gasteiger partial charge in [0.1, 0.15) is 11.6 Å². The third-order valence-corrected chi connectivity index (χ3v) is 3.44. The van der Waals surface area contributed by atoms with Gasteiger partial charge in [0, 0.05) is 37.1 Å². The first-order valence-electron chi connectivity index (χ1n) is 7.10. The van der Waals surface area contributed by atoms with Crippen LogP contribution < -0.4 is 5.32 Å². The Labute approximate surface area is 123 Å². The van der Waals surface area contributed by atoms with Gasteiger partial charge in [-0.3, -0.25) is 0 Å². The molecule has 0 saturated carbocycles. The second-order valence-electron chi connectivity index (χ2n) is 5.00. The number of benzene rings is 1. The van der Waals surface area contributed by atoms with E-state index in [4.69, 9.17) is 0 Å². The molecule has 2 heterocycles. The van der Waals surface area contributed by atoms with Crippen molar-refractivity contribution in [1.82, 2.24) is 14.5 Å². The van der Waals surface area contributed by atoms with Crippen molar-refractivity contribution in [1.29, 1.82) is 0 Å². The first-order chi connectivity index (χ1) is 10.3. The summed E-state index contributed by atoms with van der Waals surface area (Å²) in [5, 5.41) is 15.0. The van der Waals surface area contributed by atoms with Crippen molar-refractivity contribution in [2.45, 2.75) is 19.4 Å². The van der Waals surface area contributed by atoms with Gasteiger partial charge in [-0.25, -0.2) is 9.97 Å². The van der Waals surface area contributed by atoms with Crippen LogP contribution in [0.15, 0.2) is 49.2 Å². The zero-order chi connectivity index (χ0) is 14.5. The summed E-state index contributed by atoms with van der Waals surface area (Å²) in [6, 6.07) is 7.28. The van der Waals surface area contributed by atoms with Gasteiger partial charge in [0.25, 0.3) is 0 Å². The largest absolute Gasteiger partial charge is 0.508 e. The fourth-order valence-corrected chi connectivity index (χ4v) is 2.34. The molecule has 2 aromatic heterocycles. The average molecular weight is 282 g/mol. The number of aromatic nitrogens is 3. The molecule has 3 aromatic rings. The minimum Gasteiger partial charge on any atom is -0.508 e. The maximum Gasteiger partial charge on any atom is 0.133 e. The molecule has 0 aliphatic rings. The molecule has 0 aliphatic heterocycles. The van der Waals surface area contributed by atoms with Crippen LogP contribution in [0, 0.1) is 0 Å². The summed E-state index contributed by atoms with van der Waals surface area (Å²) < 4.78 is 2.08. The predicted octanol–water partition coefficient (Wildman–Crippen LogP) is 3.03. The first-order valence-corrected chi connectivity index (χ1v) is 7.10. The van der Waals surface area contributed by atoms with E-state index in [-0.39, 0.29) is 5.75 Å². The lowest BCUT2D eigenvalue weighted by Crippen LogP contribution is -2.05. The summed E-state index contributed by atoms with van der Waals surface area (Å²) in [7, 11) is 0. The van der Waals surface area contributed by atoms with Crippen molar-refractivity contribution < 1.29 is 5.11 Å². The van der Waals surface area contributed by atoms with E-state index < -0.39 is 0 Å². The van der Waals surface area contributed by atoms with Gasteiger partial charge in [-0.05, 0) is 36.4 Å². The topological polar surface area (TPSA) is 63.0 Å². The maximum atomic E-state index is 9.61. The smallest absolute Gasteiger partial charge is 0.133 e. The molecule has 108 valence electrons. The van der Waals surface area contributed by atoms with Crippen molar-refractivity contribution in [2.75, 3.05) is 11.9 Å². The standard InChI is InChI=1S/C16H18N4O/c21-14-4-3-13-5-7-19-16(15(13)11-14)18-6-1-2-9-20-10-8-17-12-20/h3-5,7-8,10-12,21H,1-2,6,9H2,(H,18,19). The fraction of sp³-hybridized carbons (Fsp3) is 0.250. The Morgan fingerprint density at radius 2 is 2.10 bits per heavy atom. The summed E-state index contributed by atoms with van der Waals surface area (Å²) >= 11 is 0. The minimum absolute atomic E-state index is 0.263. The lowest BCUT2D eigenvalue weighted by atomic mass is 10.1. The number of hydrogen-bond donors (Lipinski definition) is 2. The zero-order valence-electron chi connectivity index (χ0n) is 11.7. The normalized spacial score (nSPS) is 10.9. The molecule has 0 radical (unpaired) electrons. The van der Waals surface area contributed by atoms with E-state index in [0.717, 1.165) is 42.5 Å². The summed E-state index contributed by atoms with van der Waals surface area (Å²) in [6.07, 6.45) is 9.53.